The Kier molecular flexibility index (Phi) is 6.49. The molecule has 2 aliphatic heterocycles. The number of hydrogen-bond donors (Lipinski definition) is 1. The number of likely N-dealkylation sites (tertiary alicyclic amines) is 1. The Bertz CT molecular complexity index is 318. The van der Waals surface area contributed by atoms with E-state index in [1.165, 1.54) is 19.3 Å². The lowest BCUT2D eigenvalue weighted by atomic mass is 9.92. The fraction of sp³-hybridized carbons (Fsp3) is 0.941. The van der Waals surface area contributed by atoms with Crippen molar-refractivity contribution in [3.05, 3.63) is 0 Å². The Balaban J connectivity index is 1.81. The van der Waals surface area contributed by atoms with E-state index in [-0.39, 0.29) is 0 Å². The molecule has 122 valence electrons. The van der Waals surface area contributed by atoms with E-state index in [9.17, 15) is 4.79 Å². The fourth-order valence-electron chi connectivity index (χ4n) is 3.91. The zero-order chi connectivity index (χ0) is 15.2. The Labute approximate surface area is 130 Å². The molecule has 0 aromatic heterocycles. The molecule has 1 N–H and O–H groups in total. The van der Waals surface area contributed by atoms with Gasteiger partial charge >= 0.3 is 0 Å². The number of carbonyl (C=O) groups is 1. The minimum atomic E-state index is 0.332. The van der Waals surface area contributed by atoms with Crippen LogP contribution in [0.15, 0.2) is 0 Å². The van der Waals surface area contributed by atoms with Gasteiger partial charge in [0.05, 0.1) is 6.54 Å². The van der Waals surface area contributed by atoms with Crippen molar-refractivity contribution in [1.82, 2.24) is 15.1 Å². The van der Waals surface area contributed by atoms with Crippen LogP contribution in [0.3, 0.4) is 0 Å². The number of piperidine rings is 2. The van der Waals surface area contributed by atoms with Crippen molar-refractivity contribution in [2.75, 3.05) is 45.8 Å². The van der Waals surface area contributed by atoms with Crippen LogP contribution in [0.2, 0.25) is 0 Å². The summed E-state index contributed by atoms with van der Waals surface area (Å²) >= 11 is 0. The smallest absolute Gasteiger partial charge is 0.236 e. The Morgan fingerprint density at radius 1 is 1.29 bits per heavy atom. The molecular formula is C17H33N3O. The van der Waals surface area contributed by atoms with Crippen molar-refractivity contribution >= 4 is 5.91 Å². The number of likely N-dealkylation sites (N-methyl/N-ethyl adjacent to an activating group) is 1. The van der Waals surface area contributed by atoms with Gasteiger partial charge < -0.3 is 10.2 Å². The average Bonchev–Trinajstić information content (AvgIpc) is 2.46. The van der Waals surface area contributed by atoms with E-state index < -0.39 is 0 Å². The highest BCUT2D eigenvalue weighted by Gasteiger charge is 2.26. The molecule has 4 heteroatoms. The minimum Gasteiger partial charge on any atom is -0.341 e. The van der Waals surface area contributed by atoms with Crippen molar-refractivity contribution in [2.45, 2.75) is 40.0 Å². The summed E-state index contributed by atoms with van der Waals surface area (Å²) in [5.74, 6) is 2.34. The quantitative estimate of drug-likeness (QED) is 0.840. The van der Waals surface area contributed by atoms with Crippen molar-refractivity contribution < 1.29 is 4.79 Å². The molecule has 0 saturated carbocycles. The first-order chi connectivity index (χ1) is 10.1. The third-order valence-corrected chi connectivity index (χ3v) is 4.94. The maximum atomic E-state index is 12.6. The molecule has 0 spiro atoms. The van der Waals surface area contributed by atoms with Crippen LogP contribution in [0, 0.1) is 17.8 Å². The van der Waals surface area contributed by atoms with E-state index in [2.05, 4.69) is 35.9 Å². The molecule has 2 heterocycles. The van der Waals surface area contributed by atoms with Gasteiger partial charge in [-0.1, -0.05) is 20.8 Å². The predicted octanol–water partition coefficient (Wildman–Crippen LogP) is 1.81. The number of rotatable bonds is 5. The first-order valence-electron chi connectivity index (χ1n) is 8.79. The molecule has 2 rings (SSSR count). The maximum Gasteiger partial charge on any atom is 0.236 e. The summed E-state index contributed by atoms with van der Waals surface area (Å²) < 4.78 is 0. The minimum absolute atomic E-state index is 0.332. The number of nitrogens with zero attached hydrogens (tertiary/aromatic N) is 2. The lowest BCUT2D eigenvalue weighted by Crippen LogP contribution is -2.48. The highest BCUT2D eigenvalue weighted by atomic mass is 16.2. The van der Waals surface area contributed by atoms with Crippen molar-refractivity contribution in [2.24, 2.45) is 17.8 Å². The second-order valence-corrected chi connectivity index (χ2v) is 7.28. The normalized spacial score (nSPS) is 30.7. The molecule has 0 aromatic carbocycles. The van der Waals surface area contributed by atoms with Gasteiger partial charge in [0.1, 0.15) is 0 Å². The molecule has 3 unspecified atom stereocenters. The molecule has 0 radical (unpaired) electrons. The first kappa shape index (κ1) is 16.8. The SMILES string of the molecule is CCN(CC(=O)N1CC(C)CC(C)C1)CC1CCCNC1. The van der Waals surface area contributed by atoms with Gasteiger partial charge in [-0.2, -0.15) is 0 Å². The van der Waals surface area contributed by atoms with Gasteiger partial charge in [-0.25, -0.2) is 0 Å². The van der Waals surface area contributed by atoms with E-state index >= 15 is 0 Å². The highest BCUT2D eigenvalue weighted by molar-refractivity contribution is 5.78. The fourth-order valence-corrected chi connectivity index (χ4v) is 3.91. The van der Waals surface area contributed by atoms with Crippen molar-refractivity contribution in [1.29, 1.82) is 0 Å². The van der Waals surface area contributed by atoms with E-state index in [0.717, 1.165) is 39.3 Å². The van der Waals surface area contributed by atoms with Crippen LogP contribution in [-0.2, 0) is 4.79 Å². The Hall–Kier alpha value is -0.610. The second-order valence-electron chi connectivity index (χ2n) is 7.28. The van der Waals surface area contributed by atoms with Crippen LogP contribution in [0.4, 0.5) is 0 Å². The number of amides is 1. The summed E-state index contributed by atoms with van der Waals surface area (Å²) in [6.45, 7) is 13.5. The lowest BCUT2D eigenvalue weighted by Gasteiger charge is -2.37. The lowest BCUT2D eigenvalue weighted by molar-refractivity contribution is -0.135. The van der Waals surface area contributed by atoms with E-state index in [1.807, 2.05) is 0 Å². The molecule has 0 bridgehead atoms. The van der Waals surface area contributed by atoms with Crippen LogP contribution < -0.4 is 5.32 Å². The summed E-state index contributed by atoms with van der Waals surface area (Å²) in [7, 11) is 0. The number of carbonyl (C=O) groups excluding carboxylic acids is 1. The highest BCUT2D eigenvalue weighted by Crippen LogP contribution is 2.21. The van der Waals surface area contributed by atoms with Gasteiger partial charge in [-0.15, -0.1) is 0 Å². The zero-order valence-electron chi connectivity index (χ0n) is 14.1. The van der Waals surface area contributed by atoms with Crippen molar-refractivity contribution in [3.8, 4) is 0 Å². The predicted molar refractivity (Wildman–Crippen MR) is 87.2 cm³/mol. The van der Waals surface area contributed by atoms with Gasteiger partial charge in [0.25, 0.3) is 0 Å². The standard InChI is InChI=1S/C17H33N3O/c1-4-19(12-16-6-5-7-18-9-16)13-17(21)20-10-14(2)8-15(3)11-20/h14-16,18H,4-13H2,1-3H3. The topological polar surface area (TPSA) is 35.6 Å². The number of nitrogens with one attached hydrogen (secondary N) is 1. The average molecular weight is 295 g/mol. The van der Waals surface area contributed by atoms with Crippen LogP contribution >= 0.6 is 0 Å². The van der Waals surface area contributed by atoms with Gasteiger partial charge in [0.2, 0.25) is 5.91 Å². The summed E-state index contributed by atoms with van der Waals surface area (Å²) in [6.07, 6.45) is 3.84. The van der Waals surface area contributed by atoms with Gasteiger partial charge in [-0.3, -0.25) is 9.69 Å². The van der Waals surface area contributed by atoms with Crippen LogP contribution in [0.25, 0.3) is 0 Å². The summed E-state index contributed by atoms with van der Waals surface area (Å²) in [5.41, 5.74) is 0. The van der Waals surface area contributed by atoms with E-state index in [0.29, 0.717) is 30.2 Å². The molecule has 2 saturated heterocycles. The molecular weight excluding hydrogens is 262 g/mol. The summed E-state index contributed by atoms with van der Waals surface area (Å²) in [5, 5.41) is 3.47. The van der Waals surface area contributed by atoms with E-state index in [1.54, 1.807) is 0 Å². The van der Waals surface area contributed by atoms with E-state index in [4.69, 9.17) is 0 Å². The summed E-state index contributed by atoms with van der Waals surface area (Å²) in [6, 6.07) is 0. The van der Waals surface area contributed by atoms with Crippen molar-refractivity contribution in [3.63, 3.8) is 0 Å². The molecule has 2 fully saturated rings. The number of hydrogen-bond acceptors (Lipinski definition) is 3. The van der Waals surface area contributed by atoms with Crippen LogP contribution in [0.5, 0.6) is 0 Å². The first-order valence-corrected chi connectivity index (χ1v) is 8.79. The molecule has 4 nitrogen and oxygen atoms in total. The molecule has 0 aromatic rings. The molecule has 21 heavy (non-hydrogen) atoms. The van der Waals surface area contributed by atoms with Gasteiger partial charge in [0.15, 0.2) is 0 Å². The molecule has 3 atom stereocenters. The van der Waals surface area contributed by atoms with Gasteiger partial charge in [-0.05, 0) is 56.7 Å². The third-order valence-electron chi connectivity index (χ3n) is 4.94. The molecule has 1 amide bonds. The molecule has 2 aliphatic rings. The Morgan fingerprint density at radius 3 is 2.57 bits per heavy atom. The Morgan fingerprint density at radius 2 is 2.00 bits per heavy atom. The van der Waals surface area contributed by atoms with Crippen LogP contribution in [0.1, 0.15) is 40.0 Å². The zero-order valence-corrected chi connectivity index (χ0v) is 14.1. The van der Waals surface area contributed by atoms with Crippen LogP contribution in [-0.4, -0.2) is 61.5 Å². The largest absolute Gasteiger partial charge is 0.341 e. The molecule has 0 aliphatic carbocycles. The second kappa shape index (κ2) is 8.14. The summed E-state index contributed by atoms with van der Waals surface area (Å²) in [4.78, 5) is 17.0. The third kappa shape index (κ3) is 5.26. The van der Waals surface area contributed by atoms with Gasteiger partial charge in [0, 0.05) is 19.6 Å². The maximum absolute atomic E-state index is 12.6. The monoisotopic (exact) mass is 295 g/mol.